The van der Waals surface area contributed by atoms with Crippen LogP contribution in [0.2, 0.25) is 0 Å². The third-order valence-electron chi connectivity index (χ3n) is 4.45. The van der Waals surface area contributed by atoms with Crippen LogP contribution in [-0.2, 0) is 6.54 Å². The Morgan fingerprint density at radius 1 is 1.17 bits per heavy atom. The molecule has 1 amide bonds. The second kappa shape index (κ2) is 8.60. The maximum atomic E-state index is 12.9. The van der Waals surface area contributed by atoms with E-state index in [1.165, 1.54) is 4.90 Å². The average Bonchev–Trinajstić information content (AvgIpc) is 2.71. The highest BCUT2D eigenvalue weighted by Crippen LogP contribution is 2.22. The molecular weight excluding hydrogens is 370 g/mol. The SMILES string of the molecule is CCOc1ccccc1CN(C)C(=O)c1nc(-c2ccc(C)cc2)[nH]c(=O)c1O. The number of H-pyrrole nitrogens is 1. The Morgan fingerprint density at radius 3 is 2.55 bits per heavy atom. The van der Waals surface area contributed by atoms with Crippen molar-refractivity contribution in [3.8, 4) is 22.9 Å². The van der Waals surface area contributed by atoms with E-state index >= 15 is 0 Å². The molecule has 1 heterocycles. The highest BCUT2D eigenvalue weighted by atomic mass is 16.5. The van der Waals surface area contributed by atoms with Crippen LogP contribution in [0, 0.1) is 6.92 Å². The number of benzene rings is 2. The van der Waals surface area contributed by atoms with Crippen LogP contribution < -0.4 is 10.3 Å². The maximum absolute atomic E-state index is 12.9. The van der Waals surface area contributed by atoms with Gasteiger partial charge < -0.3 is 19.7 Å². The summed E-state index contributed by atoms with van der Waals surface area (Å²) in [7, 11) is 1.58. The van der Waals surface area contributed by atoms with Gasteiger partial charge in [0.2, 0.25) is 5.75 Å². The summed E-state index contributed by atoms with van der Waals surface area (Å²) in [6.45, 7) is 4.57. The molecule has 0 bridgehead atoms. The molecule has 29 heavy (non-hydrogen) atoms. The zero-order chi connectivity index (χ0) is 21.0. The fraction of sp³-hybridized carbons (Fsp3) is 0.227. The molecular formula is C22H23N3O4. The molecule has 150 valence electrons. The lowest BCUT2D eigenvalue weighted by molar-refractivity contribution is 0.0774. The van der Waals surface area contributed by atoms with Crippen LogP contribution in [0.15, 0.2) is 53.3 Å². The lowest BCUT2D eigenvalue weighted by atomic mass is 10.1. The van der Waals surface area contributed by atoms with Crippen LogP contribution >= 0.6 is 0 Å². The van der Waals surface area contributed by atoms with Crippen molar-refractivity contribution in [2.24, 2.45) is 0 Å². The summed E-state index contributed by atoms with van der Waals surface area (Å²) in [5.74, 6) is -0.360. The summed E-state index contributed by atoms with van der Waals surface area (Å²) in [4.78, 5) is 33.3. The normalized spacial score (nSPS) is 10.6. The van der Waals surface area contributed by atoms with Crippen molar-refractivity contribution < 1.29 is 14.6 Å². The number of rotatable bonds is 6. The molecule has 2 N–H and O–H groups in total. The Hall–Kier alpha value is -3.61. The number of carbonyl (C=O) groups is 1. The van der Waals surface area contributed by atoms with E-state index < -0.39 is 17.2 Å². The van der Waals surface area contributed by atoms with E-state index in [-0.39, 0.29) is 18.1 Å². The van der Waals surface area contributed by atoms with Crippen molar-refractivity contribution in [3.63, 3.8) is 0 Å². The molecule has 0 atom stereocenters. The summed E-state index contributed by atoms with van der Waals surface area (Å²) >= 11 is 0. The number of nitrogens with zero attached hydrogens (tertiary/aromatic N) is 2. The molecule has 1 aromatic heterocycles. The molecule has 7 nitrogen and oxygen atoms in total. The van der Waals surface area contributed by atoms with Gasteiger partial charge in [-0.3, -0.25) is 9.59 Å². The quantitative estimate of drug-likeness (QED) is 0.671. The number of hydrogen-bond donors (Lipinski definition) is 2. The number of ether oxygens (including phenoxy) is 1. The Balaban J connectivity index is 1.92. The molecule has 0 aliphatic heterocycles. The van der Waals surface area contributed by atoms with Gasteiger partial charge in [0.1, 0.15) is 11.6 Å². The number of nitrogens with one attached hydrogen (secondary N) is 1. The van der Waals surface area contributed by atoms with Gasteiger partial charge in [-0.1, -0.05) is 48.0 Å². The number of aromatic amines is 1. The number of aryl methyl sites for hydroxylation is 1. The summed E-state index contributed by atoms with van der Waals surface area (Å²) < 4.78 is 5.59. The fourth-order valence-electron chi connectivity index (χ4n) is 2.90. The van der Waals surface area contributed by atoms with E-state index in [4.69, 9.17) is 4.74 Å². The summed E-state index contributed by atoms with van der Waals surface area (Å²) in [6.07, 6.45) is 0. The van der Waals surface area contributed by atoms with Crippen molar-refractivity contribution in [1.82, 2.24) is 14.9 Å². The molecule has 0 aliphatic carbocycles. The van der Waals surface area contributed by atoms with Crippen molar-refractivity contribution >= 4 is 5.91 Å². The Labute approximate surface area is 168 Å². The summed E-state index contributed by atoms with van der Waals surface area (Å²) in [6, 6.07) is 14.7. The minimum Gasteiger partial charge on any atom is -0.501 e. The molecule has 0 aliphatic rings. The van der Waals surface area contributed by atoms with Crippen LogP contribution in [0.4, 0.5) is 0 Å². The van der Waals surface area contributed by atoms with E-state index in [0.717, 1.165) is 11.1 Å². The second-order valence-corrected chi connectivity index (χ2v) is 6.68. The lowest BCUT2D eigenvalue weighted by Crippen LogP contribution is -2.29. The Kier molecular flexibility index (Phi) is 5.97. The first-order chi connectivity index (χ1) is 13.9. The van der Waals surface area contributed by atoms with Gasteiger partial charge >= 0.3 is 0 Å². The molecule has 3 aromatic rings. The van der Waals surface area contributed by atoms with Gasteiger partial charge in [0, 0.05) is 24.7 Å². The largest absolute Gasteiger partial charge is 0.501 e. The van der Waals surface area contributed by atoms with E-state index in [0.29, 0.717) is 17.9 Å². The predicted molar refractivity (Wildman–Crippen MR) is 110 cm³/mol. The van der Waals surface area contributed by atoms with Crippen molar-refractivity contribution in [3.05, 3.63) is 75.7 Å². The molecule has 3 rings (SSSR count). The highest BCUT2D eigenvalue weighted by Gasteiger charge is 2.22. The van der Waals surface area contributed by atoms with Crippen molar-refractivity contribution in [1.29, 1.82) is 0 Å². The van der Waals surface area contributed by atoms with E-state index in [9.17, 15) is 14.7 Å². The summed E-state index contributed by atoms with van der Waals surface area (Å²) in [5.41, 5.74) is 1.46. The molecule has 0 saturated heterocycles. The first-order valence-corrected chi connectivity index (χ1v) is 9.27. The van der Waals surface area contributed by atoms with Crippen LogP contribution in [0.1, 0.15) is 28.5 Å². The number of carbonyl (C=O) groups excluding carboxylic acids is 1. The van der Waals surface area contributed by atoms with Crippen LogP contribution in [-0.4, -0.2) is 39.5 Å². The standard InChI is InChI=1S/C22H23N3O4/c1-4-29-17-8-6-5-7-16(17)13-25(3)22(28)18-19(26)21(27)24-20(23-18)15-11-9-14(2)10-12-15/h5-12,26H,4,13H2,1-3H3,(H,23,24,27). The van der Waals surface area contributed by atoms with Gasteiger partial charge in [0.05, 0.1) is 6.61 Å². The molecule has 0 fully saturated rings. The number of para-hydroxylation sites is 1. The fourth-order valence-corrected chi connectivity index (χ4v) is 2.90. The number of amides is 1. The number of hydrogen-bond acceptors (Lipinski definition) is 5. The van der Waals surface area contributed by atoms with E-state index in [1.54, 1.807) is 19.2 Å². The van der Waals surface area contributed by atoms with E-state index in [1.807, 2.05) is 50.2 Å². The molecule has 0 spiro atoms. The third-order valence-corrected chi connectivity index (χ3v) is 4.45. The minimum absolute atomic E-state index is 0.222. The molecule has 7 heteroatoms. The topological polar surface area (TPSA) is 95.5 Å². The number of aromatic nitrogens is 2. The van der Waals surface area contributed by atoms with Crippen LogP contribution in [0.25, 0.3) is 11.4 Å². The van der Waals surface area contributed by atoms with E-state index in [2.05, 4.69) is 9.97 Å². The third kappa shape index (κ3) is 4.45. The molecule has 0 radical (unpaired) electrons. The van der Waals surface area contributed by atoms with Gasteiger partial charge in [0.15, 0.2) is 5.69 Å². The minimum atomic E-state index is -0.762. The Bertz CT molecular complexity index is 1070. The second-order valence-electron chi connectivity index (χ2n) is 6.68. The molecule has 0 saturated carbocycles. The molecule has 0 unspecified atom stereocenters. The Morgan fingerprint density at radius 2 is 1.86 bits per heavy atom. The predicted octanol–water partition coefficient (Wildman–Crippen LogP) is 3.12. The smallest absolute Gasteiger partial charge is 0.294 e. The zero-order valence-corrected chi connectivity index (χ0v) is 16.6. The first-order valence-electron chi connectivity index (χ1n) is 9.27. The van der Waals surface area contributed by atoms with Crippen molar-refractivity contribution in [2.45, 2.75) is 20.4 Å². The first kappa shape index (κ1) is 20.1. The van der Waals surface area contributed by atoms with Crippen LogP contribution in [0.5, 0.6) is 11.5 Å². The summed E-state index contributed by atoms with van der Waals surface area (Å²) in [5, 5.41) is 10.2. The van der Waals surface area contributed by atoms with Crippen molar-refractivity contribution in [2.75, 3.05) is 13.7 Å². The monoisotopic (exact) mass is 393 g/mol. The van der Waals surface area contributed by atoms with Gasteiger partial charge in [-0.05, 0) is 19.9 Å². The average molecular weight is 393 g/mol. The molecule has 2 aromatic carbocycles. The van der Waals surface area contributed by atoms with Gasteiger partial charge in [0.25, 0.3) is 11.5 Å². The van der Waals surface area contributed by atoms with Gasteiger partial charge in [-0.2, -0.15) is 0 Å². The maximum Gasteiger partial charge on any atom is 0.294 e. The van der Waals surface area contributed by atoms with Gasteiger partial charge in [-0.15, -0.1) is 0 Å². The van der Waals surface area contributed by atoms with Gasteiger partial charge in [-0.25, -0.2) is 4.98 Å². The zero-order valence-electron chi connectivity index (χ0n) is 16.6. The van der Waals surface area contributed by atoms with Crippen LogP contribution in [0.3, 0.4) is 0 Å². The number of aromatic hydroxyl groups is 1. The highest BCUT2D eigenvalue weighted by molar-refractivity contribution is 5.95. The lowest BCUT2D eigenvalue weighted by Gasteiger charge is -2.19.